The minimum absolute atomic E-state index is 0.360. The maximum atomic E-state index is 2.43. The van der Waals surface area contributed by atoms with E-state index in [2.05, 4.69) is 125 Å². The van der Waals surface area contributed by atoms with Gasteiger partial charge in [0.2, 0.25) is 0 Å². The van der Waals surface area contributed by atoms with Gasteiger partial charge >= 0.3 is 0 Å². The van der Waals surface area contributed by atoms with E-state index in [-0.39, 0.29) is 15.8 Å². The van der Waals surface area contributed by atoms with Crippen molar-refractivity contribution in [2.75, 3.05) is 12.3 Å². The van der Waals surface area contributed by atoms with Gasteiger partial charge in [-0.2, -0.15) is 0 Å². The summed E-state index contributed by atoms with van der Waals surface area (Å²) in [5.41, 5.74) is 5.43. The van der Waals surface area contributed by atoms with Crippen LogP contribution < -0.4 is 21.2 Å². The van der Waals surface area contributed by atoms with Crippen LogP contribution in [0.5, 0.6) is 0 Å². The molecule has 0 nitrogen and oxygen atoms in total. The molecule has 2 fully saturated rings. The number of fused-ring (bicyclic) bond motifs is 2. The molecule has 2 unspecified atom stereocenters. The lowest BCUT2D eigenvalue weighted by Gasteiger charge is -2.36. The number of hydrogen-bond acceptors (Lipinski definition) is 0. The topological polar surface area (TPSA) is 0 Å². The Labute approximate surface area is 238 Å². The van der Waals surface area contributed by atoms with Gasteiger partial charge in [-0.05, 0) is 120 Å². The molecule has 2 aliphatic carbocycles. The lowest BCUT2D eigenvalue weighted by Crippen LogP contribution is -2.32. The van der Waals surface area contributed by atoms with E-state index >= 15 is 0 Å². The van der Waals surface area contributed by atoms with Crippen molar-refractivity contribution >= 4 is 37.1 Å². The summed E-state index contributed by atoms with van der Waals surface area (Å²) in [6.07, 6.45) is 7.05. The highest BCUT2D eigenvalue weighted by molar-refractivity contribution is 7.73. The van der Waals surface area contributed by atoms with Crippen molar-refractivity contribution in [3.8, 4) is 0 Å². The van der Waals surface area contributed by atoms with Crippen LogP contribution in [-0.4, -0.2) is 12.3 Å². The summed E-state index contributed by atoms with van der Waals surface area (Å²) >= 11 is 0. The summed E-state index contributed by atoms with van der Waals surface area (Å²) in [5, 5.41) is 6.22. The van der Waals surface area contributed by atoms with Crippen LogP contribution in [0.2, 0.25) is 0 Å². The molecule has 0 spiro atoms. The first-order valence-electron chi connectivity index (χ1n) is 14.8. The molecule has 0 aromatic heterocycles. The van der Waals surface area contributed by atoms with Crippen molar-refractivity contribution in [1.82, 2.24) is 0 Å². The number of rotatable bonds is 8. The smallest absolute Gasteiger partial charge is 0.0195 e. The molecule has 200 valence electrons. The van der Waals surface area contributed by atoms with Gasteiger partial charge in [0.15, 0.2) is 0 Å². The predicted octanol–water partition coefficient (Wildman–Crippen LogP) is 8.15. The van der Waals surface area contributed by atoms with Gasteiger partial charge in [0, 0.05) is 0 Å². The molecule has 0 saturated heterocycles. The van der Waals surface area contributed by atoms with E-state index in [0.717, 1.165) is 23.7 Å². The summed E-state index contributed by atoms with van der Waals surface area (Å²) < 4.78 is 0. The molecular formula is C37H42P2. The Morgan fingerprint density at radius 1 is 0.436 bits per heavy atom. The quantitative estimate of drug-likeness (QED) is 0.195. The molecule has 2 aliphatic rings. The fourth-order valence-electron chi connectivity index (χ4n) is 7.14. The average molecular weight is 549 g/mol. The average Bonchev–Trinajstić information content (AvgIpc) is 3.55. The van der Waals surface area contributed by atoms with Gasteiger partial charge in [-0.15, -0.1) is 0 Å². The second-order valence-electron chi connectivity index (χ2n) is 12.2. The molecule has 2 heteroatoms. The minimum atomic E-state index is -0.360. The van der Waals surface area contributed by atoms with Crippen LogP contribution in [0.3, 0.4) is 0 Å². The monoisotopic (exact) mass is 548 g/mol. The fraction of sp³-hybridized carbons (Fsp3) is 0.351. The molecule has 4 aromatic rings. The Hall–Kier alpha value is -2.26. The zero-order valence-electron chi connectivity index (χ0n) is 24.0. The van der Waals surface area contributed by atoms with Gasteiger partial charge < -0.3 is 0 Å². The highest BCUT2D eigenvalue weighted by Gasteiger charge is 2.48. The summed E-state index contributed by atoms with van der Waals surface area (Å²) in [4.78, 5) is 0. The Morgan fingerprint density at radius 3 is 0.949 bits per heavy atom. The molecule has 2 bridgehead atoms. The summed E-state index contributed by atoms with van der Waals surface area (Å²) in [7, 11) is -0.720. The first kappa shape index (κ1) is 26.9. The van der Waals surface area contributed by atoms with Crippen molar-refractivity contribution in [3.63, 3.8) is 0 Å². The third-order valence-electron chi connectivity index (χ3n) is 9.44. The molecule has 0 heterocycles. The molecule has 0 N–H and O–H groups in total. The van der Waals surface area contributed by atoms with E-state index in [9.17, 15) is 0 Å². The molecule has 4 atom stereocenters. The van der Waals surface area contributed by atoms with E-state index in [0.29, 0.717) is 0 Å². The Balaban J connectivity index is 1.34. The highest BCUT2D eigenvalue weighted by atomic mass is 31.1. The van der Waals surface area contributed by atoms with Gasteiger partial charge in [0.25, 0.3) is 0 Å². The second kappa shape index (κ2) is 11.7. The van der Waals surface area contributed by atoms with Crippen LogP contribution in [-0.2, 0) is 0 Å². The molecule has 0 amide bonds. The van der Waals surface area contributed by atoms with Crippen LogP contribution >= 0.6 is 15.8 Å². The largest absolute Gasteiger partial charge is 0.0587 e. The van der Waals surface area contributed by atoms with Gasteiger partial charge in [-0.25, -0.2) is 0 Å². The highest BCUT2D eigenvalue weighted by Crippen LogP contribution is 2.58. The number of aryl methyl sites for hydroxylation is 4. The Bertz CT molecular complexity index is 1170. The van der Waals surface area contributed by atoms with Crippen molar-refractivity contribution in [2.45, 2.75) is 47.0 Å². The van der Waals surface area contributed by atoms with Crippen LogP contribution in [0.15, 0.2) is 97.1 Å². The van der Waals surface area contributed by atoms with Crippen molar-refractivity contribution in [3.05, 3.63) is 119 Å². The zero-order valence-corrected chi connectivity index (χ0v) is 25.8. The first-order valence-corrected chi connectivity index (χ1v) is 17.8. The van der Waals surface area contributed by atoms with Crippen LogP contribution in [0.1, 0.15) is 41.5 Å². The molecule has 4 aromatic carbocycles. The minimum Gasteiger partial charge on any atom is -0.0587 e. The van der Waals surface area contributed by atoms with Crippen molar-refractivity contribution < 1.29 is 0 Å². The van der Waals surface area contributed by atoms with Gasteiger partial charge in [-0.1, -0.05) is 119 Å². The molecular weight excluding hydrogens is 506 g/mol. The third kappa shape index (κ3) is 5.94. The fourth-order valence-corrected chi connectivity index (χ4v) is 12.6. The van der Waals surface area contributed by atoms with E-state index in [1.807, 2.05) is 0 Å². The number of hydrogen-bond donors (Lipinski definition) is 0. The Morgan fingerprint density at radius 2 is 0.692 bits per heavy atom. The molecule has 39 heavy (non-hydrogen) atoms. The standard InChI is InChI=1S/C37H42P2/c1-26-5-15-32(16-6-26)38(33-17-7-27(2)8-18-33)24-36-30-13-14-31(23-30)37(36)25-39(34-19-9-28(3)10-20-34)35-21-11-29(4)12-22-35/h5-12,15-22,30-31,36-37H,13-14,23-25H2,1-4H3/t30?,31?,36-,37-/m1/s1. The van der Waals surface area contributed by atoms with Gasteiger partial charge in [-0.3, -0.25) is 0 Å². The van der Waals surface area contributed by atoms with E-state index in [1.54, 1.807) is 21.2 Å². The molecule has 2 saturated carbocycles. The number of benzene rings is 4. The summed E-state index contributed by atoms with van der Waals surface area (Å²) in [5.74, 6) is 3.49. The van der Waals surface area contributed by atoms with Crippen LogP contribution in [0, 0.1) is 51.4 Å². The Kier molecular flexibility index (Phi) is 8.08. The van der Waals surface area contributed by atoms with E-state index < -0.39 is 0 Å². The van der Waals surface area contributed by atoms with Crippen LogP contribution in [0.25, 0.3) is 0 Å². The predicted molar refractivity (Wildman–Crippen MR) is 175 cm³/mol. The lowest BCUT2D eigenvalue weighted by atomic mass is 9.81. The molecule has 0 radical (unpaired) electrons. The summed E-state index contributed by atoms with van der Waals surface area (Å²) in [6, 6.07) is 38.0. The maximum absolute atomic E-state index is 2.43. The van der Waals surface area contributed by atoms with E-state index in [1.165, 1.54) is 53.8 Å². The lowest BCUT2D eigenvalue weighted by molar-refractivity contribution is 0.267. The SMILES string of the molecule is Cc1ccc(P(C[C@@H]2C3CCC(C3)[C@H]2CP(c2ccc(C)cc2)c2ccc(C)cc2)c2ccc(C)cc2)cc1. The molecule has 6 rings (SSSR count). The second-order valence-corrected chi connectivity index (χ2v) is 16.7. The molecule has 0 aliphatic heterocycles. The first-order chi connectivity index (χ1) is 18.9. The van der Waals surface area contributed by atoms with Gasteiger partial charge in [0.1, 0.15) is 0 Å². The maximum Gasteiger partial charge on any atom is -0.0195 e. The van der Waals surface area contributed by atoms with Crippen LogP contribution in [0.4, 0.5) is 0 Å². The van der Waals surface area contributed by atoms with E-state index in [4.69, 9.17) is 0 Å². The van der Waals surface area contributed by atoms with Crippen molar-refractivity contribution in [1.29, 1.82) is 0 Å². The normalized spacial score (nSPS) is 22.2. The van der Waals surface area contributed by atoms with Crippen molar-refractivity contribution in [2.24, 2.45) is 23.7 Å². The van der Waals surface area contributed by atoms with Gasteiger partial charge in [0.05, 0.1) is 0 Å². The summed E-state index contributed by atoms with van der Waals surface area (Å²) in [6.45, 7) is 8.84. The third-order valence-corrected chi connectivity index (χ3v) is 14.7. The zero-order chi connectivity index (χ0) is 26.9.